The maximum Gasteiger partial charge on any atom is 0.410 e. The van der Waals surface area contributed by atoms with Gasteiger partial charge in [-0.25, -0.2) is 4.79 Å². The van der Waals surface area contributed by atoms with E-state index in [0.29, 0.717) is 13.1 Å². The molecule has 0 aliphatic carbocycles. The minimum Gasteiger partial charge on any atom is -0.444 e. The summed E-state index contributed by atoms with van der Waals surface area (Å²) < 4.78 is 42.8. The molecule has 0 atom stereocenters. The maximum absolute atomic E-state index is 12.2. The lowest BCUT2D eigenvalue weighted by Gasteiger charge is -2.39. The van der Waals surface area contributed by atoms with E-state index in [1.165, 1.54) is 4.90 Å². The summed E-state index contributed by atoms with van der Waals surface area (Å²) >= 11 is 0. The van der Waals surface area contributed by atoms with Crippen molar-refractivity contribution in [3.05, 3.63) is 0 Å². The first-order valence-corrected chi connectivity index (χ1v) is 7.14. The van der Waals surface area contributed by atoms with Crippen molar-refractivity contribution in [2.24, 2.45) is 0 Å². The highest BCUT2D eigenvalue weighted by Gasteiger charge is 2.34. The summed E-state index contributed by atoms with van der Waals surface area (Å²) in [6.45, 7) is 5.77. The Hall–Kier alpha value is -0.890. The molecule has 106 valence electrons. The molecule has 1 rings (SSSR count). The molecular formula is C10H18FNO5S. The zero-order valence-corrected chi connectivity index (χ0v) is 11.5. The summed E-state index contributed by atoms with van der Waals surface area (Å²) in [5, 5.41) is 0. The van der Waals surface area contributed by atoms with Gasteiger partial charge in [0.15, 0.2) is 0 Å². The summed E-state index contributed by atoms with van der Waals surface area (Å²) in [6, 6.07) is 0. The van der Waals surface area contributed by atoms with Crippen molar-refractivity contribution in [1.82, 2.24) is 4.90 Å². The molecule has 0 spiro atoms. The van der Waals surface area contributed by atoms with E-state index in [0.717, 1.165) is 0 Å². The van der Waals surface area contributed by atoms with Crippen LogP contribution in [0, 0.1) is 0 Å². The van der Waals surface area contributed by atoms with Crippen LogP contribution in [-0.2, 0) is 19.7 Å². The number of amides is 1. The van der Waals surface area contributed by atoms with Gasteiger partial charge in [0, 0.05) is 0 Å². The van der Waals surface area contributed by atoms with Crippen molar-refractivity contribution in [2.75, 3.05) is 25.4 Å². The lowest BCUT2D eigenvalue weighted by Crippen LogP contribution is -2.56. The highest BCUT2D eigenvalue weighted by Crippen LogP contribution is 2.17. The summed E-state index contributed by atoms with van der Waals surface area (Å²) in [6.07, 6.45) is -0.681. The Labute approximate surface area is 106 Å². The predicted octanol–water partition coefficient (Wildman–Crippen LogP) is 0.922. The predicted molar refractivity (Wildman–Crippen MR) is 62.4 cm³/mol. The van der Waals surface area contributed by atoms with Crippen molar-refractivity contribution in [2.45, 2.75) is 32.5 Å². The molecule has 0 N–H and O–H groups in total. The van der Waals surface area contributed by atoms with E-state index in [1.54, 1.807) is 20.8 Å². The van der Waals surface area contributed by atoms with Crippen LogP contribution in [0.15, 0.2) is 0 Å². The second kappa shape index (κ2) is 5.40. The van der Waals surface area contributed by atoms with Crippen LogP contribution < -0.4 is 0 Å². The average molecular weight is 283 g/mol. The van der Waals surface area contributed by atoms with Crippen LogP contribution in [0.3, 0.4) is 0 Å². The van der Waals surface area contributed by atoms with Gasteiger partial charge in [0.25, 0.3) is 0 Å². The van der Waals surface area contributed by atoms with E-state index in [2.05, 4.69) is 0 Å². The summed E-state index contributed by atoms with van der Waals surface area (Å²) in [4.78, 5) is 13.0. The van der Waals surface area contributed by atoms with Gasteiger partial charge in [-0.15, -0.1) is 3.89 Å². The molecule has 1 saturated heterocycles. The zero-order chi connectivity index (χ0) is 14.0. The van der Waals surface area contributed by atoms with Gasteiger partial charge >= 0.3 is 16.3 Å². The number of halogens is 1. The number of hydrogen-bond donors (Lipinski definition) is 0. The molecule has 6 nitrogen and oxygen atoms in total. The molecule has 0 unspecified atom stereocenters. The van der Waals surface area contributed by atoms with Crippen LogP contribution in [0.4, 0.5) is 8.68 Å². The van der Waals surface area contributed by atoms with E-state index in [9.17, 15) is 17.1 Å². The van der Waals surface area contributed by atoms with Crippen LogP contribution in [0.25, 0.3) is 0 Å². The number of ether oxygens (including phenoxy) is 2. The molecule has 1 aliphatic rings. The number of rotatable bonds is 4. The Balaban J connectivity index is 2.18. The summed E-state index contributed by atoms with van der Waals surface area (Å²) in [5.41, 5.74) is -0.550. The van der Waals surface area contributed by atoms with Crippen molar-refractivity contribution in [3.8, 4) is 0 Å². The number of carbonyl (C=O) groups is 1. The molecule has 0 bridgehead atoms. The standard InChI is InChI=1S/C10H18FNO5S/c1-10(2,3)17-9(13)12-6-8(7-12)16-4-5-18(11,14)15/h8H,4-7H2,1-3H3. The van der Waals surface area contributed by atoms with Crippen molar-refractivity contribution < 1.29 is 26.6 Å². The van der Waals surface area contributed by atoms with E-state index in [-0.39, 0.29) is 12.7 Å². The molecule has 0 aromatic rings. The Morgan fingerprint density at radius 1 is 1.39 bits per heavy atom. The molecule has 0 aromatic carbocycles. The third kappa shape index (κ3) is 5.63. The molecule has 0 radical (unpaired) electrons. The number of nitrogens with zero attached hydrogens (tertiary/aromatic N) is 1. The quantitative estimate of drug-likeness (QED) is 0.717. The largest absolute Gasteiger partial charge is 0.444 e. The highest BCUT2D eigenvalue weighted by atomic mass is 32.3. The molecule has 1 fully saturated rings. The third-order valence-corrected chi connectivity index (χ3v) is 2.83. The average Bonchev–Trinajstić information content (AvgIpc) is 2.03. The maximum atomic E-state index is 12.2. The molecule has 8 heteroatoms. The fourth-order valence-corrected chi connectivity index (χ4v) is 1.63. The Morgan fingerprint density at radius 2 is 1.94 bits per heavy atom. The van der Waals surface area contributed by atoms with E-state index >= 15 is 0 Å². The molecule has 0 aromatic heterocycles. The van der Waals surface area contributed by atoms with Gasteiger partial charge in [0.2, 0.25) is 0 Å². The highest BCUT2D eigenvalue weighted by molar-refractivity contribution is 7.86. The topological polar surface area (TPSA) is 72.9 Å². The zero-order valence-electron chi connectivity index (χ0n) is 10.7. The molecular weight excluding hydrogens is 265 g/mol. The third-order valence-electron chi connectivity index (χ3n) is 2.18. The van der Waals surface area contributed by atoms with Gasteiger partial charge in [-0.2, -0.15) is 8.42 Å². The van der Waals surface area contributed by atoms with Crippen molar-refractivity contribution in [3.63, 3.8) is 0 Å². The summed E-state index contributed by atoms with van der Waals surface area (Å²) in [7, 11) is -4.49. The van der Waals surface area contributed by atoms with Crippen LogP contribution in [0.2, 0.25) is 0 Å². The minimum atomic E-state index is -4.49. The van der Waals surface area contributed by atoms with Crippen molar-refractivity contribution in [1.29, 1.82) is 0 Å². The second-order valence-electron chi connectivity index (χ2n) is 5.12. The lowest BCUT2D eigenvalue weighted by atomic mass is 10.2. The second-order valence-corrected chi connectivity index (χ2v) is 6.61. The first-order chi connectivity index (χ1) is 8.07. The molecule has 0 saturated carbocycles. The van der Waals surface area contributed by atoms with Crippen LogP contribution in [0.5, 0.6) is 0 Å². The fourth-order valence-electron chi connectivity index (χ4n) is 1.33. The molecule has 1 amide bonds. The van der Waals surface area contributed by atoms with Gasteiger partial charge in [-0.1, -0.05) is 0 Å². The first kappa shape index (κ1) is 15.2. The monoisotopic (exact) mass is 283 g/mol. The van der Waals surface area contributed by atoms with E-state index in [1.807, 2.05) is 0 Å². The van der Waals surface area contributed by atoms with Gasteiger partial charge < -0.3 is 14.4 Å². The number of likely N-dealkylation sites (tertiary alicyclic amines) is 1. The van der Waals surface area contributed by atoms with Crippen molar-refractivity contribution >= 4 is 16.3 Å². The normalized spacial score (nSPS) is 17.4. The Bertz CT molecular complexity index is 397. The number of hydrogen-bond acceptors (Lipinski definition) is 5. The van der Waals surface area contributed by atoms with E-state index < -0.39 is 27.7 Å². The molecule has 1 aliphatic heterocycles. The first-order valence-electron chi connectivity index (χ1n) is 5.59. The SMILES string of the molecule is CC(C)(C)OC(=O)N1CC(OCCS(=O)(=O)F)C1. The van der Waals surface area contributed by atoms with Crippen LogP contribution in [-0.4, -0.2) is 56.6 Å². The lowest BCUT2D eigenvalue weighted by molar-refractivity contribution is -0.0592. The Morgan fingerprint density at radius 3 is 2.39 bits per heavy atom. The Kier molecular flexibility index (Phi) is 4.55. The smallest absolute Gasteiger partial charge is 0.410 e. The van der Waals surface area contributed by atoms with Gasteiger partial charge in [0.05, 0.1) is 25.8 Å². The van der Waals surface area contributed by atoms with Gasteiger partial charge in [-0.3, -0.25) is 0 Å². The summed E-state index contributed by atoms with van der Waals surface area (Å²) in [5.74, 6) is -0.657. The van der Waals surface area contributed by atoms with Gasteiger partial charge in [0.1, 0.15) is 11.4 Å². The van der Waals surface area contributed by atoms with Crippen LogP contribution >= 0.6 is 0 Å². The van der Waals surface area contributed by atoms with E-state index in [4.69, 9.17) is 9.47 Å². The van der Waals surface area contributed by atoms with Gasteiger partial charge in [-0.05, 0) is 20.8 Å². The van der Waals surface area contributed by atoms with Crippen LogP contribution in [0.1, 0.15) is 20.8 Å². The fraction of sp³-hybridized carbons (Fsp3) is 0.900. The number of carbonyl (C=O) groups excluding carboxylic acids is 1. The minimum absolute atomic E-state index is 0.203. The molecule has 1 heterocycles. The molecule has 18 heavy (non-hydrogen) atoms.